The summed E-state index contributed by atoms with van der Waals surface area (Å²) in [6.45, 7) is 11.3. The molecule has 2 aliphatic heterocycles. The molecule has 0 bridgehead atoms. The van der Waals surface area contributed by atoms with Gasteiger partial charge in [0.2, 0.25) is 5.79 Å². The standard InChI is InChI=1S/C20H26O6/c1-10(2)16(21)24-15-14-12(4)17(22)26-20(14,23-6)9-19-13(25-19)8-7-11(3)18(15,19)5/h11,13,15H,1,7-9H2,2-6H3. The fraction of sp³-hybridized carbons (Fsp3) is 0.700. The maximum atomic E-state index is 12.5. The van der Waals surface area contributed by atoms with Gasteiger partial charge in [-0.2, -0.15) is 0 Å². The fourth-order valence-electron chi connectivity index (χ4n) is 5.39. The predicted molar refractivity (Wildman–Crippen MR) is 92.0 cm³/mol. The van der Waals surface area contributed by atoms with Crippen molar-refractivity contribution in [3.8, 4) is 0 Å². The van der Waals surface area contributed by atoms with E-state index < -0.39 is 34.8 Å². The lowest BCUT2D eigenvalue weighted by Gasteiger charge is -2.55. The Morgan fingerprint density at radius 2 is 2.04 bits per heavy atom. The first-order valence-corrected chi connectivity index (χ1v) is 9.17. The van der Waals surface area contributed by atoms with Gasteiger partial charge in [0.05, 0.1) is 18.1 Å². The van der Waals surface area contributed by atoms with Crippen LogP contribution in [0, 0.1) is 11.3 Å². The Bertz CT molecular complexity index is 753. The summed E-state index contributed by atoms with van der Waals surface area (Å²) in [7, 11) is 1.52. The molecule has 2 heterocycles. The van der Waals surface area contributed by atoms with Crippen LogP contribution in [0.25, 0.3) is 0 Å². The van der Waals surface area contributed by atoms with Crippen molar-refractivity contribution in [3.05, 3.63) is 23.3 Å². The third-order valence-corrected chi connectivity index (χ3v) is 7.20. The largest absolute Gasteiger partial charge is 0.453 e. The van der Waals surface area contributed by atoms with Crippen LogP contribution in [-0.4, -0.2) is 42.6 Å². The lowest BCUT2D eigenvalue weighted by molar-refractivity contribution is -0.236. The lowest BCUT2D eigenvalue weighted by atomic mass is 9.51. The number of methoxy groups -OCH3 is 1. The molecule has 0 radical (unpaired) electrons. The van der Waals surface area contributed by atoms with Crippen molar-refractivity contribution in [1.82, 2.24) is 0 Å². The van der Waals surface area contributed by atoms with Crippen molar-refractivity contribution in [2.45, 2.75) is 70.6 Å². The van der Waals surface area contributed by atoms with E-state index >= 15 is 0 Å². The van der Waals surface area contributed by atoms with E-state index in [1.54, 1.807) is 13.8 Å². The Morgan fingerprint density at radius 3 is 2.65 bits per heavy atom. The summed E-state index contributed by atoms with van der Waals surface area (Å²) in [5.74, 6) is -1.89. The van der Waals surface area contributed by atoms with Crippen molar-refractivity contribution >= 4 is 11.9 Å². The summed E-state index contributed by atoms with van der Waals surface area (Å²) in [5, 5.41) is 0. The van der Waals surface area contributed by atoms with Crippen LogP contribution < -0.4 is 0 Å². The van der Waals surface area contributed by atoms with Crippen LogP contribution >= 0.6 is 0 Å². The number of rotatable bonds is 3. The average molecular weight is 362 g/mol. The molecule has 142 valence electrons. The van der Waals surface area contributed by atoms with Gasteiger partial charge in [-0.15, -0.1) is 0 Å². The topological polar surface area (TPSA) is 74.4 Å². The van der Waals surface area contributed by atoms with Crippen molar-refractivity contribution in [3.63, 3.8) is 0 Å². The summed E-state index contributed by atoms with van der Waals surface area (Å²) in [6.07, 6.45) is 1.77. The van der Waals surface area contributed by atoms with E-state index in [1.807, 2.05) is 0 Å². The highest BCUT2D eigenvalue weighted by atomic mass is 16.7. The van der Waals surface area contributed by atoms with Gasteiger partial charge in [0, 0.05) is 23.7 Å². The first-order valence-electron chi connectivity index (χ1n) is 9.17. The number of hydrogen-bond acceptors (Lipinski definition) is 6. The number of esters is 2. The molecule has 0 aromatic carbocycles. The second kappa shape index (κ2) is 5.20. The van der Waals surface area contributed by atoms with Crippen LogP contribution in [-0.2, 0) is 28.5 Å². The number of carbonyl (C=O) groups excluding carboxylic acids is 2. The number of fused-ring (bicyclic) bond motifs is 1. The smallest absolute Gasteiger partial charge is 0.336 e. The zero-order valence-corrected chi connectivity index (χ0v) is 16.0. The zero-order chi connectivity index (χ0) is 19.1. The Hall–Kier alpha value is -1.66. The fourth-order valence-corrected chi connectivity index (χ4v) is 5.39. The molecular formula is C20H26O6. The Kier molecular flexibility index (Phi) is 3.55. The van der Waals surface area contributed by atoms with Gasteiger partial charge in [0.25, 0.3) is 0 Å². The Balaban J connectivity index is 1.90. The first kappa shape index (κ1) is 17.7. The third kappa shape index (κ3) is 1.89. The van der Waals surface area contributed by atoms with Gasteiger partial charge in [0.15, 0.2) is 0 Å². The van der Waals surface area contributed by atoms with Crippen LogP contribution in [0.2, 0.25) is 0 Å². The van der Waals surface area contributed by atoms with Crippen LogP contribution in [0.4, 0.5) is 0 Å². The molecule has 0 amide bonds. The van der Waals surface area contributed by atoms with E-state index in [-0.39, 0.29) is 12.0 Å². The Labute approximate surface area is 153 Å². The third-order valence-electron chi connectivity index (χ3n) is 7.20. The minimum atomic E-state index is -1.23. The van der Waals surface area contributed by atoms with E-state index in [9.17, 15) is 9.59 Å². The molecule has 6 atom stereocenters. The SMILES string of the molecule is C=C(C)C(=O)OC1C2=C(C)C(=O)OC2(OC)CC23OC2CCC(C)C13C. The second-order valence-electron chi connectivity index (χ2n) is 8.38. The van der Waals surface area contributed by atoms with Crippen LogP contribution in [0.3, 0.4) is 0 Å². The highest BCUT2D eigenvalue weighted by molar-refractivity contribution is 5.93. The quantitative estimate of drug-likeness (QED) is 0.437. The molecule has 2 saturated carbocycles. The van der Waals surface area contributed by atoms with Gasteiger partial charge in [-0.3, -0.25) is 0 Å². The summed E-state index contributed by atoms with van der Waals surface area (Å²) < 4.78 is 23.6. The minimum Gasteiger partial charge on any atom is -0.453 e. The normalized spacial score (nSPS) is 46.0. The highest BCUT2D eigenvalue weighted by Gasteiger charge is 2.81. The number of carbonyl (C=O) groups is 2. The number of hydrogen-bond donors (Lipinski definition) is 0. The van der Waals surface area contributed by atoms with E-state index in [1.165, 1.54) is 7.11 Å². The maximum Gasteiger partial charge on any atom is 0.336 e. The monoisotopic (exact) mass is 362 g/mol. The molecule has 0 aromatic rings. The van der Waals surface area contributed by atoms with Gasteiger partial charge in [-0.25, -0.2) is 9.59 Å². The molecule has 6 unspecified atom stereocenters. The molecule has 26 heavy (non-hydrogen) atoms. The second-order valence-corrected chi connectivity index (χ2v) is 8.38. The van der Waals surface area contributed by atoms with Gasteiger partial charge < -0.3 is 18.9 Å². The summed E-state index contributed by atoms with van der Waals surface area (Å²) in [4.78, 5) is 24.9. The number of epoxide rings is 1. The summed E-state index contributed by atoms with van der Waals surface area (Å²) >= 11 is 0. The first-order chi connectivity index (χ1) is 12.1. The van der Waals surface area contributed by atoms with E-state index in [0.29, 0.717) is 23.1 Å². The van der Waals surface area contributed by atoms with Gasteiger partial charge >= 0.3 is 11.9 Å². The Morgan fingerprint density at radius 1 is 1.35 bits per heavy atom. The molecule has 4 aliphatic rings. The molecule has 6 nitrogen and oxygen atoms in total. The van der Waals surface area contributed by atoms with E-state index in [4.69, 9.17) is 18.9 Å². The molecule has 4 rings (SSSR count). The molecule has 2 aliphatic carbocycles. The molecule has 6 heteroatoms. The molecule has 0 aromatic heterocycles. The van der Waals surface area contributed by atoms with Gasteiger partial charge in [0.1, 0.15) is 11.7 Å². The van der Waals surface area contributed by atoms with E-state index in [2.05, 4.69) is 20.4 Å². The molecule has 1 saturated heterocycles. The maximum absolute atomic E-state index is 12.5. The molecule has 0 N–H and O–H groups in total. The molecule has 1 spiro atoms. The van der Waals surface area contributed by atoms with E-state index in [0.717, 1.165) is 12.8 Å². The highest BCUT2D eigenvalue weighted by Crippen LogP contribution is 2.71. The lowest BCUT2D eigenvalue weighted by Crippen LogP contribution is -2.64. The zero-order valence-electron chi connectivity index (χ0n) is 16.0. The summed E-state index contributed by atoms with van der Waals surface area (Å²) in [6, 6.07) is 0. The van der Waals surface area contributed by atoms with Gasteiger partial charge in [-0.05, 0) is 32.6 Å². The molecular weight excluding hydrogens is 336 g/mol. The predicted octanol–water partition coefficient (Wildman–Crippen LogP) is 2.67. The van der Waals surface area contributed by atoms with Crippen LogP contribution in [0.1, 0.15) is 47.0 Å². The summed E-state index contributed by atoms with van der Waals surface area (Å²) in [5.41, 5.74) is 0.410. The average Bonchev–Trinajstić information content (AvgIpc) is 3.24. The van der Waals surface area contributed by atoms with Crippen LogP contribution in [0.15, 0.2) is 23.3 Å². The van der Waals surface area contributed by atoms with Crippen molar-refractivity contribution in [1.29, 1.82) is 0 Å². The van der Waals surface area contributed by atoms with Crippen molar-refractivity contribution in [2.24, 2.45) is 11.3 Å². The molecule has 3 fully saturated rings. The van der Waals surface area contributed by atoms with Crippen molar-refractivity contribution < 1.29 is 28.5 Å². The van der Waals surface area contributed by atoms with Crippen LogP contribution in [0.5, 0.6) is 0 Å². The van der Waals surface area contributed by atoms with Gasteiger partial charge in [-0.1, -0.05) is 20.4 Å². The number of ether oxygens (including phenoxy) is 4. The van der Waals surface area contributed by atoms with Crippen molar-refractivity contribution in [2.75, 3.05) is 7.11 Å². The minimum absolute atomic E-state index is 0.0721.